The largest absolute Gasteiger partial charge is 0.433 e. The maximum atomic E-state index is 12.4. The van der Waals surface area contributed by atoms with Crippen LogP contribution in [0, 0.1) is 28.6 Å². The third-order valence-corrected chi connectivity index (χ3v) is 8.49. The minimum absolute atomic E-state index is 0.185. The van der Waals surface area contributed by atoms with Crippen LogP contribution < -0.4 is 0 Å². The molecule has 1 aliphatic heterocycles. The number of fused-ring (bicyclic) bond motifs is 1. The molecule has 1 saturated heterocycles. The van der Waals surface area contributed by atoms with Crippen LogP contribution in [0.15, 0.2) is 10.6 Å². The van der Waals surface area contributed by atoms with Gasteiger partial charge in [-0.15, -0.1) is 0 Å². The van der Waals surface area contributed by atoms with Gasteiger partial charge >= 0.3 is 5.97 Å². The van der Waals surface area contributed by atoms with Gasteiger partial charge in [-0.1, -0.05) is 62.5 Å². The summed E-state index contributed by atoms with van der Waals surface area (Å²) in [5.41, 5.74) is 1.11. The third-order valence-electron chi connectivity index (χ3n) is 7.90. The van der Waals surface area contributed by atoms with Crippen molar-refractivity contribution in [2.24, 2.45) is 28.6 Å². The highest BCUT2D eigenvalue weighted by Gasteiger charge is 2.52. The molecule has 6 atom stereocenters. The van der Waals surface area contributed by atoms with E-state index in [1.165, 1.54) is 32.1 Å². The first-order valence-corrected chi connectivity index (χ1v) is 12.1. The van der Waals surface area contributed by atoms with E-state index in [1.54, 1.807) is 5.57 Å². The summed E-state index contributed by atoms with van der Waals surface area (Å²) in [5.74, 6) is 2.04. The molecule has 0 aromatic rings. The zero-order valence-electron chi connectivity index (χ0n) is 18.6. The van der Waals surface area contributed by atoms with E-state index in [9.17, 15) is 4.79 Å². The zero-order chi connectivity index (χ0) is 20.7. The van der Waals surface area contributed by atoms with Crippen molar-refractivity contribution in [1.82, 2.24) is 0 Å². The summed E-state index contributed by atoms with van der Waals surface area (Å²) in [6.45, 7) is 13.0. The molecule has 3 nitrogen and oxygen atoms in total. The lowest BCUT2D eigenvalue weighted by Crippen LogP contribution is -2.36. The van der Waals surface area contributed by atoms with Crippen LogP contribution in [-0.2, 0) is 14.3 Å². The SMILES string of the molecule is C[C@H](CCC[C@@]1(C)O[C@H](C(C)(C)C)OC1=O)C1CC[C@H]2/C(=C/Br)CCC[C@]12C. The lowest BCUT2D eigenvalue weighted by Gasteiger charge is -2.44. The Balaban J connectivity index is 1.56. The summed E-state index contributed by atoms with van der Waals surface area (Å²) >= 11 is 3.62. The van der Waals surface area contributed by atoms with E-state index in [0.717, 1.165) is 31.1 Å². The fraction of sp³-hybridized carbons (Fsp3) is 0.875. The van der Waals surface area contributed by atoms with Gasteiger partial charge in [0.15, 0.2) is 5.60 Å². The minimum atomic E-state index is -0.781. The van der Waals surface area contributed by atoms with E-state index in [4.69, 9.17) is 9.47 Å². The van der Waals surface area contributed by atoms with Crippen LogP contribution >= 0.6 is 15.9 Å². The molecule has 0 aromatic heterocycles. The van der Waals surface area contributed by atoms with Crippen molar-refractivity contribution in [3.05, 3.63) is 10.6 Å². The van der Waals surface area contributed by atoms with Crippen LogP contribution in [0.25, 0.3) is 0 Å². The topological polar surface area (TPSA) is 35.5 Å². The summed E-state index contributed by atoms with van der Waals surface area (Å²) in [6, 6.07) is 0. The number of rotatable bonds is 5. The van der Waals surface area contributed by atoms with Crippen LogP contribution in [0.4, 0.5) is 0 Å². The van der Waals surface area contributed by atoms with E-state index >= 15 is 0 Å². The Bertz CT molecular complexity index is 622. The Morgan fingerprint density at radius 1 is 1.29 bits per heavy atom. The monoisotopic (exact) mass is 454 g/mol. The lowest BCUT2D eigenvalue weighted by atomic mass is 9.61. The van der Waals surface area contributed by atoms with Crippen LogP contribution in [0.1, 0.15) is 92.9 Å². The number of hydrogen-bond donors (Lipinski definition) is 0. The summed E-state index contributed by atoms with van der Waals surface area (Å²) in [7, 11) is 0. The Hall–Kier alpha value is -0.350. The molecule has 2 aliphatic carbocycles. The molecule has 3 fully saturated rings. The molecule has 0 bridgehead atoms. The Labute approximate surface area is 180 Å². The van der Waals surface area contributed by atoms with Crippen molar-refractivity contribution in [2.75, 3.05) is 0 Å². The quantitative estimate of drug-likeness (QED) is 0.419. The normalized spacial score (nSPS) is 41.2. The smallest absolute Gasteiger partial charge is 0.340 e. The number of esters is 1. The summed E-state index contributed by atoms with van der Waals surface area (Å²) in [4.78, 5) is 14.6. The molecule has 4 heteroatoms. The van der Waals surface area contributed by atoms with Gasteiger partial charge in [-0.05, 0) is 80.0 Å². The van der Waals surface area contributed by atoms with Crippen LogP contribution in [-0.4, -0.2) is 17.9 Å². The van der Waals surface area contributed by atoms with Crippen LogP contribution in [0.3, 0.4) is 0 Å². The zero-order valence-corrected chi connectivity index (χ0v) is 20.2. The number of allylic oxidation sites excluding steroid dienone is 1. The van der Waals surface area contributed by atoms with Gasteiger partial charge in [0.05, 0.1) is 0 Å². The molecule has 3 aliphatic rings. The summed E-state index contributed by atoms with van der Waals surface area (Å²) in [6.07, 6.45) is 9.11. The maximum Gasteiger partial charge on any atom is 0.340 e. The van der Waals surface area contributed by atoms with Gasteiger partial charge in [0.25, 0.3) is 0 Å². The van der Waals surface area contributed by atoms with Crippen molar-refractivity contribution in [3.63, 3.8) is 0 Å². The Morgan fingerprint density at radius 3 is 2.61 bits per heavy atom. The predicted molar refractivity (Wildman–Crippen MR) is 117 cm³/mol. The maximum absolute atomic E-state index is 12.4. The Morgan fingerprint density at radius 2 is 2.00 bits per heavy atom. The first kappa shape index (κ1) is 22.3. The average Bonchev–Trinajstić information content (AvgIpc) is 3.11. The average molecular weight is 455 g/mol. The highest BCUT2D eigenvalue weighted by atomic mass is 79.9. The van der Waals surface area contributed by atoms with Crippen molar-refractivity contribution in [1.29, 1.82) is 0 Å². The third kappa shape index (κ3) is 4.10. The molecular weight excluding hydrogens is 416 g/mol. The van der Waals surface area contributed by atoms with E-state index in [1.807, 2.05) is 6.92 Å². The summed E-state index contributed by atoms with van der Waals surface area (Å²) in [5, 5.41) is 0. The van der Waals surface area contributed by atoms with E-state index in [0.29, 0.717) is 11.3 Å². The highest BCUT2D eigenvalue weighted by Crippen LogP contribution is 2.60. The molecule has 3 rings (SSSR count). The number of halogens is 1. The van der Waals surface area contributed by atoms with Crippen molar-refractivity contribution in [3.8, 4) is 0 Å². The van der Waals surface area contributed by atoms with Gasteiger partial charge in [-0.25, -0.2) is 4.79 Å². The first-order valence-electron chi connectivity index (χ1n) is 11.2. The second kappa shape index (κ2) is 8.06. The molecule has 0 spiro atoms. The standard InChI is InChI=1S/C24H39BrO3/c1-16(18-11-12-19-17(15-25)10-8-13-23(18,19)5)9-7-14-24(6)20(26)27-21(28-24)22(2,3)4/h15-16,18-19,21H,7-14H2,1-6H3/b17-15+/t16-,18?,19+,21-,23-,24-/m1/s1. The molecule has 0 aromatic carbocycles. The molecule has 160 valence electrons. The van der Waals surface area contributed by atoms with Crippen LogP contribution in [0.5, 0.6) is 0 Å². The number of ether oxygens (including phenoxy) is 2. The van der Waals surface area contributed by atoms with Gasteiger partial charge in [0.2, 0.25) is 6.29 Å². The number of carbonyl (C=O) groups excluding carboxylic acids is 1. The number of cyclic esters (lactones) is 1. The fourth-order valence-electron chi connectivity index (χ4n) is 6.15. The van der Waals surface area contributed by atoms with Crippen molar-refractivity contribution in [2.45, 2.75) is 105 Å². The van der Waals surface area contributed by atoms with Gasteiger partial charge in [0.1, 0.15) is 0 Å². The van der Waals surface area contributed by atoms with Crippen LogP contribution in [0.2, 0.25) is 0 Å². The molecular formula is C24H39BrO3. The summed E-state index contributed by atoms with van der Waals surface area (Å²) < 4.78 is 11.6. The molecule has 0 radical (unpaired) electrons. The molecule has 0 amide bonds. The number of carbonyl (C=O) groups is 1. The van der Waals surface area contributed by atoms with Gasteiger partial charge in [-0.3, -0.25) is 0 Å². The van der Waals surface area contributed by atoms with Gasteiger partial charge in [0, 0.05) is 5.41 Å². The molecule has 1 unspecified atom stereocenters. The minimum Gasteiger partial charge on any atom is -0.433 e. The second-order valence-corrected chi connectivity index (χ2v) is 11.6. The predicted octanol–water partition coefficient (Wildman–Crippen LogP) is 6.99. The van der Waals surface area contributed by atoms with Gasteiger partial charge < -0.3 is 9.47 Å². The van der Waals surface area contributed by atoms with E-state index < -0.39 is 11.9 Å². The number of hydrogen-bond acceptors (Lipinski definition) is 3. The Kier molecular flexibility index (Phi) is 6.43. The fourth-order valence-corrected chi connectivity index (χ4v) is 6.70. The molecule has 28 heavy (non-hydrogen) atoms. The first-order chi connectivity index (χ1) is 13.0. The van der Waals surface area contributed by atoms with E-state index in [-0.39, 0.29) is 11.4 Å². The second-order valence-electron chi connectivity index (χ2n) is 11.1. The lowest BCUT2D eigenvalue weighted by molar-refractivity contribution is -0.155. The highest BCUT2D eigenvalue weighted by molar-refractivity contribution is 9.11. The van der Waals surface area contributed by atoms with Crippen molar-refractivity contribution >= 4 is 21.9 Å². The van der Waals surface area contributed by atoms with Gasteiger partial charge in [-0.2, -0.15) is 0 Å². The molecule has 0 N–H and O–H groups in total. The molecule has 2 saturated carbocycles. The molecule has 1 heterocycles. The van der Waals surface area contributed by atoms with Crippen molar-refractivity contribution < 1.29 is 14.3 Å². The van der Waals surface area contributed by atoms with E-state index in [2.05, 4.69) is 55.5 Å².